The quantitative estimate of drug-likeness (QED) is 0.0606. The number of aliphatic hydroxyl groups excluding tert-OH is 2. The third-order valence-electron chi connectivity index (χ3n) is 8.83. The van der Waals surface area contributed by atoms with Crippen LogP contribution in [0.25, 0.3) is 0 Å². The van der Waals surface area contributed by atoms with Crippen LogP contribution in [0.3, 0.4) is 0 Å². The molecule has 0 aromatic carbocycles. The molecular weight excluding hydrogens is 637 g/mol. The fourth-order valence-electron chi connectivity index (χ4n) is 5.92. The molecule has 0 spiro atoms. The number of hydrogen-bond acceptors (Lipinski definition) is 8. The highest BCUT2D eigenvalue weighted by Gasteiger charge is 2.16. The molecule has 0 fully saturated rings. The third kappa shape index (κ3) is 39.2. The summed E-state index contributed by atoms with van der Waals surface area (Å²) in [6, 6.07) is 0. The van der Waals surface area contributed by atoms with Crippen LogP contribution in [0.1, 0.15) is 155 Å². The Kier molecular flexibility index (Phi) is 40.6. The number of thioether (sulfide) groups is 2. The molecule has 0 heterocycles. The minimum atomic E-state index is -0.538. The Morgan fingerprint density at radius 3 is 1.21 bits per heavy atom. The molecular formula is C40H84N2O4S2. The molecule has 48 heavy (non-hydrogen) atoms. The van der Waals surface area contributed by atoms with Crippen LogP contribution in [0, 0.1) is 0 Å². The number of nitrogens with zero attached hydrogens (tertiary/aromatic N) is 2. The van der Waals surface area contributed by atoms with E-state index in [2.05, 4.69) is 37.7 Å². The summed E-state index contributed by atoms with van der Waals surface area (Å²) in [6.45, 7) is 9.68. The average molecular weight is 721 g/mol. The molecule has 0 radical (unpaired) electrons. The number of unbranched alkanes of at least 4 members (excludes halogenated alkanes) is 17. The summed E-state index contributed by atoms with van der Waals surface area (Å²) in [4.78, 5) is 4.40. The first kappa shape index (κ1) is 48.5. The van der Waals surface area contributed by atoms with Crippen LogP contribution in [0.5, 0.6) is 0 Å². The maximum Gasteiger partial charge on any atom is 0.0900 e. The van der Waals surface area contributed by atoms with Crippen LogP contribution in [-0.4, -0.2) is 122 Å². The smallest absolute Gasteiger partial charge is 0.0900 e. The van der Waals surface area contributed by atoms with Crippen molar-refractivity contribution in [1.29, 1.82) is 0 Å². The summed E-state index contributed by atoms with van der Waals surface area (Å²) in [5.74, 6) is 4.78. The van der Waals surface area contributed by atoms with E-state index in [1.165, 1.54) is 127 Å². The van der Waals surface area contributed by atoms with E-state index >= 15 is 0 Å². The predicted molar refractivity (Wildman–Crippen MR) is 216 cm³/mol. The number of ether oxygens (including phenoxy) is 2. The average Bonchev–Trinajstić information content (AvgIpc) is 3.06. The zero-order valence-electron chi connectivity index (χ0n) is 32.6. The second-order valence-corrected chi connectivity index (χ2v) is 16.8. The second-order valence-electron chi connectivity index (χ2n) is 14.3. The number of rotatable bonds is 41. The lowest BCUT2D eigenvalue weighted by Crippen LogP contribution is -2.41. The molecule has 0 rings (SSSR count). The zero-order chi connectivity index (χ0) is 35.2. The van der Waals surface area contributed by atoms with E-state index in [0.717, 1.165) is 50.3 Å². The molecule has 0 aliphatic rings. The summed E-state index contributed by atoms with van der Waals surface area (Å²) < 4.78 is 11.7. The monoisotopic (exact) mass is 721 g/mol. The van der Waals surface area contributed by atoms with Crippen LogP contribution in [0.15, 0.2) is 0 Å². The molecule has 0 aliphatic carbocycles. The van der Waals surface area contributed by atoms with Crippen LogP contribution in [-0.2, 0) is 9.47 Å². The second kappa shape index (κ2) is 40.2. The Bertz CT molecular complexity index is 564. The molecule has 0 aromatic rings. The van der Waals surface area contributed by atoms with Gasteiger partial charge in [0.15, 0.2) is 0 Å². The Labute approximate surface area is 309 Å². The first-order valence-electron chi connectivity index (χ1n) is 20.5. The topological polar surface area (TPSA) is 65.4 Å². The molecule has 290 valence electrons. The molecule has 6 nitrogen and oxygen atoms in total. The first-order chi connectivity index (χ1) is 23.5. The molecule has 0 aliphatic heterocycles. The van der Waals surface area contributed by atoms with Crippen molar-refractivity contribution in [2.24, 2.45) is 0 Å². The van der Waals surface area contributed by atoms with Gasteiger partial charge in [-0.2, -0.15) is 23.5 Å². The molecule has 8 heteroatoms. The highest BCUT2D eigenvalue weighted by molar-refractivity contribution is 7.99. The lowest BCUT2D eigenvalue weighted by atomic mass is 10.1. The van der Waals surface area contributed by atoms with Crippen molar-refractivity contribution in [1.82, 2.24) is 9.80 Å². The van der Waals surface area contributed by atoms with E-state index in [0.29, 0.717) is 39.5 Å². The first-order valence-corrected chi connectivity index (χ1v) is 22.8. The SMILES string of the molecule is CCCCCCCCCCCSCCCOCC(O)CN(CCCCN(C)C)CC(O)COCCCSCCCCCCCCCCC. The van der Waals surface area contributed by atoms with Gasteiger partial charge in [-0.1, -0.05) is 117 Å². The van der Waals surface area contributed by atoms with Gasteiger partial charge in [0, 0.05) is 26.3 Å². The highest BCUT2D eigenvalue weighted by Crippen LogP contribution is 2.14. The maximum atomic E-state index is 10.7. The van der Waals surface area contributed by atoms with Gasteiger partial charge < -0.3 is 24.6 Å². The summed E-state index contributed by atoms with van der Waals surface area (Å²) in [7, 11) is 4.21. The largest absolute Gasteiger partial charge is 0.389 e. The van der Waals surface area contributed by atoms with E-state index in [1.807, 2.05) is 23.5 Å². The van der Waals surface area contributed by atoms with E-state index in [9.17, 15) is 10.2 Å². The van der Waals surface area contributed by atoms with Gasteiger partial charge in [0.2, 0.25) is 0 Å². The van der Waals surface area contributed by atoms with Crippen molar-refractivity contribution < 1.29 is 19.7 Å². The molecule has 0 bridgehead atoms. The van der Waals surface area contributed by atoms with Crippen LogP contribution >= 0.6 is 23.5 Å². The molecule has 0 aromatic heterocycles. The van der Waals surface area contributed by atoms with Crippen LogP contribution in [0.2, 0.25) is 0 Å². The third-order valence-corrected chi connectivity index (χ3v) is 11.1. The fraction of sp³-hybridized carbons (Fsp3) is 1.00. The molecule has 0 amide bonds. The van der Waals surface area contributed by atoms with E-state index in [1.54, 1.807) is 0 Å². The minimum Gasteiger partial charge on any atom is -0.389 e. The standard InChI is InChI=1S/C40H84N2O4S2/c1-5-7-9-11-13-15-17-19-23-31-47-33-25-29-45-37-39(43)35-42(28-22-21-27-41(3)4)36-40(44)38-46-30-26-34-48-32-24-20-18-16-14-12-10-8-6-2/h39-40,43-44H,5-38H2,1-4H3. The zero-order valence-corrected chi connectivity index (χ0v) is 34.3. The Morgan fingerprint density at radius 1 is 0.458 bits per heavy atom. The predicted octanol–water partition coefficient (Wildman–Crippen LogP) is 9.69. The van der Waals surface area contributed by atoms with Gasteiger partial charge in [0.05, 0.1) is 25.4 Å². The fourth-order valence-corrected chi connectivity index (χ4v) is 7.79. The summed E-state index contributed by atoms with van der Waals surface area (Å²) in [6.07, 6.45) is 28.1. The van der Waals surface area contributed by atoms with Gasteiger partial charge in [0.1, 0.15) is 0 Å². The van der Waals surface area contributed by atoms with Crippen LogP contribution in [0.4, 0.5) is 0 Å². The Morgan fingerprint density at radius 2 is 0.812 bits per heavy atom. The van der Waals surface area contributed by atoms with Gasteiger partial charge in [-0.05, 0) is 88.7 Å². The number of aliphatic hydroxyl groups is 2. The van der Waals surface area contributed by atoms with Crippen molar-refractivity contribution in [3.63, 3.8) is 0 Å². The van der Waals surface area contributed by atoms with E-state index in [4.69, 9.17) is 9.47 Å². The van der Waals surface area contributed by atoms with Gasteiger partial charge in [-0.25, -0.2) is 0 Å². The van der Waals surface area contributed by atoms with Crippen molar-refractivity contribution in [3.05, 3.63) is 0 Å². The molecule has 0 saturated heterocycles. The molecule has 0 saturated carbocycles. The van der Waals surface area contributed by atoms with Crippen molar-refractivity contribution in [2.75, 3.05) is 89.7 Å². The van der Waals surface area contributed by atoms with E-state index in [-0.39, 0.29) is 0 Å². The van der Waals surface area contributed by atoms with Crippen molar-refractivity contribution in [2.45, 2.75) is 167 Å². The number of hydrogen-bond donors (Lipinski definition) is 2. The summed E-state index contributed by atoms with van der Waals surface area (Å²) >= 11 is 4.08. The minimum absolute atomic E-state index is 0.362. The normalized spacial score (nSPS) is 13.2. The molecule has 2 N–H and O–H groups in total. The Balaban J connectivity index is 3.92. The molecule has 2 unspecified atom stereocenters. The van der Waals surface area contributed by atoms with Gasteiger partial charge >= 0.3 is 0 Å². The van der Waals surface area contributed by atoms with Gasteiger partial charge in [-0.15, -0.1) is 0 Å². The lowest BCUT2D eigenvalue weighted by Gasteiger charge is -2.27. The summed E-state index contributed by atoms with van der Waals surface area (Å²) in [5, 5.41) is 21.4. The van der Waals surface area contributed by atoms with Crippen molar-refractivity contribution in [3.8, 4) is 0 Å². The summed E-state index contributed by atoms with van der Waals surface area (Å²) in [5.41, 5.74) is 0. The lowest BCUT2D eigenvalue weighted by molar-refractivity contribution is -0.0101. The van der Waals surface area contributed by atoms with Crippen LogP contribution < -0.4 is 0 Å². The highest BCUT2D eigenvalue weighted by atomic mass is 32.2. The maximum absolute atomic E-state index is 10.7. The van der Waals surface area contributed by atoms with E-state index < -0.39 is 12.2 Å². The van der Waals surface area contributed by atoms with Crippen molar-refractivity contribution >= 4 is 23.5 Å². The van der Waals surface area contributed by atoms with Gasteiger partial charge in [0.25, 0.3) is 0 Å². The Hall–Kier alpha value is 0.460. The molecule has 2 atom stereocenters. The van der Waals surface area contributed by atoms with Gasteiger partial charge in [-0.3, -0.25) is 4.90 Å².